The Kier molecular flexibility index (Phi) is 5.41. The second-order valence-corrected chi connectivity index (χ2v) is 6.02. The number of benzene rings is 1. The smallest absolute Gasteiger partial charge is 0.146 e. The van der Waals surface area contributed by atoms with Crippen LogP contribution in [0.25, 0.3) is 0 Å². The van der Waals surface area contributed by atoms with Crippen LogP contribution in [-0.2, 0) is 6.42 Å². The molecule has 1 aromatic carbocycles. The normalized spacial score (nSPS) is 18.0. The number of hydrogen-bond donors (Lipinski definition) is 1. The molecule has 0 amide bonds. The molecule has 1 unspecified atom stereocenters. The molecule has 1 aromatic rings. The Bertz CT molecular complexity index is 427. The van der Waals surface area contributed by atoms with Crippen LogP contribution in [0, 0.1) is 5.82 Å². The van der Waals surface area contributed by atoms with Gasteiger partial charge in [0, 0.05) is 19.1 Å². The van der Waals surface area contributed by atoms with E-state index in [9.17, 15) is 4.39 Å². The summed E-state index contributed by atoms with van der Waals surface area (Å²) in [6, 6.07) is 5.96. The molecular formula is C17H27FN2. The van der Waals surface area contributed by atoms with Gasteiger partial charge in [-0.1, -0.05) is 38.3 Å². The number of para-hydroxylation sites is 1. The van der Waals surface area contributed by atoms with E-state index < -0.39 is 0 Å². The molecule has 20 heavy (non-hydrogen) atoms. The Morgan fingerprint density at radius 3 is 2.65 bits per heavy atom. The Morgan fingerprint density at radius 1 is 1.30 bits per heavy atom. The molecular weight excluding hydrogens is 251 g/mol. The van der Waals surface area contributed by atoms with Gasteiger partial charge in [0.2, 0.25) is 0 Å². The zero-order valence-corrected chi connectivity index (χ0v) is 12.7. The zero-order valence-electron chi connectivity index (χ0n) is 12.7. The van der Waals surface area contributed by atoms with Crippen LogP contribution in [0.15, 0.2) is 18.2 Å². The van der Waals surface area contributed by atoms with E-state index in [2.05, 4.69) is 11.8 Å². The van der Waals surface area contributed by atoms with E-state index in [1.165, 1.54) is 32.1 Å². The molecule has 0 radical (unpaired) electrons. The molecule has 0 aliphatic heterocycles. The predicted molar refractivity (Wildman–Crippen MR) is 83.6 cm³/mol. The number of anilines is 1. The summed E-state index contributed by atoms with van der Waals surface area (Å²) in [5.41, 5.74) is 7.88. The summed E-state index contributed by atoms with van der Waals surface area (Å²) < 4.78 is 14.3. The fourth-order valence-electron chi connectivity index (χ4n) is 3.20. The summed E-state index contributed by atoms with van der Waals surface area (Å²) in [6.45, 7) is 2.08. The Hall–Kier alpha value is -1.09. The summed E-state index contributed by atoms with van der Waals surface area (Å²) in [4.78, 5) is 2.16. The van der Waals surface area contributed by atoms with E-state index in [1.807, 2.05) is 13.1 Å². The van der Waals surface area contributed by atoms with Gasteiger partial charge < -0.3 is 10.6 Å². The lowest BCUT2D eigenvalue weighted by atomic mass is 9.93. The fourth-order valence-corrected chi connectivity index (χ4v) is 3.20. The molecule has 1 aliphatic rings. The van der Waals surface area contributed by atoms with Gasteiger partial charge in [0.05, 0.1) is 5.69 Å². The second-order valence-electron chi connectivity index (χ2n) is 6.02. The van der Waals surface area contributed by atoms with E-state index in [1.54, 1.807) is 12.1 Å². The van der Waals surface area contributed by atoms with Crippen molar-refractivity contribution >= 4 is 5.69 Å². The number of hydrogen-bond acceptors (Lipinski definition) is 2. The molecule has 0 saturated heterocycles. The summed E-state index contributed by atoms with van der Waals surface area (Å²) in [5.74, 6) is -0.112. The van der Waals surface area contributed by atoms with Crippen LogP contribution in [0.1, 0.15) is 51.0 Å². The predicted octanol–water partition coefficient (Wildman–Crippen LogP) is 3.87. The number of nitrogens with zero attached hydrogens (tertiary/aromatic N) is 1. The third-order valence-electron chi connectivity index (χ3n) is 4.55. The highest BCUT2D eigenvalue weighted by Gasteiger charge is 2.23. The lowest BCUT2D eigenvalue weighted by molar-refractivity contribution is 0.423. The van der Waals surface area contributed by atoms with Gasteiger partial charge in [0.15, 0.2) is 0 Å². The molecule has 0 heterocycles. The van der Waals surface area contributed by atoms with Crippen LogP contribution < -0.4 is 10.6 Å². The molecule has 0 spiro atoms. The van der Waals surface area contributed by atoms with Crippen molar-refractivity contribution in [2.75, 3.05) is 11.9 Å². The molecule has 0 aromatic heterocycles. The molecule has 1 fully saturated rings. The molecule has 2 nitrogen and oxygen atoms in total. The van der Waals surface area contributed by atoms with Crippen LogP contribution in [0.5, 0.6) is 0 Å². The lowest BCUT2D eigenvalue weighted by Gasteiger charge is -2.34. The van der Waals surface area contributed by atoms with Gasteiger partial charge in [-0.2, -0.15) is 0 Å². The SMILES string of the molecule is CCC(N)Cc1cccc(F)c1N(C)C1CCCCC1. The lowest BCUT2D eigenvalue weighted by Crippen LogP contribution is -2.35. The average molecular weight is 278 g/mol. The van der Waals surface area contributed by atoms with Crippen molar-refractivity contribution in [1.82, 2.24) is 0 Å². The van der Waals surface area contributed by atoms with Crippen molar-refractivity contribution < 1.29 is 4.39 Å². The maximum Gasteiger partial charge on any atom is 0.146 e. The van der Waals surface area contributed by atoms with E-state index >= 15 is 0 Å². The van der Waals surface area contributed by atoms with Gasteiger partial charge in [-0.15, -0.1) is 0 Å². The second kappa shape index (κ2) is 7.07. The van der Waals surface area contributed by atoms with E-state index in [0.29, 0.717) is 6.04 Å². The molecule has 1 saturated carbocycles. The van der Waals surface area contributed by atoms with Crippen molar-refractivity contribution in [2.45, 2.75) is 64.0 Å². The fraction of sp³-hybridized carbons (Fsp3) is 0.647. The molecule has 2 N–H and O–H groups in total. The van der Waals surface area contributed by atoms with Crippen LogP contribution in [0.2, 0.25) is 0 Å². The summed E-state index contributed by atoms with van der Waals surface area (Å²) in [7, 11) is 2.04. The Morgan fingerprint density at radius 2 is 2.00 bits per heavy atom. The summed E-state index contributed by atoms with van der Waals surface area (Å²) >= 11 is 0. The molecule has 1 atom stereocenters. The minimum Gasteiger partial charge on any atom is -0.369 e. The molecule has 0 bridgehead atoms. The third-order valence-corrected chi connectivity index (χ3v) is 4.55. The van der Waals surface area contributed by atoms with Crippen molar-refractivity contribution in [2.24, 2.45) is 5.73 Å². The largest absolute Gasteiger partial charge is 0.369 e. The topological polar surface area (TPSA) is 29.3 Å². The van der Waals surface area contributed by atoms with Crippen molar-refractivity contribution in [3.63, 3.8) is 0 Å². The quantitative estimate of drug-likeness (QED) is 0.885. The number of nitrogens with two attached hydrogens (primary N) is 1. The van der Waals surface area contributed by atoms with Gasteiger partial charge >= 0.3 is 0 Å². The van der Waals surface area contributed by atoms with Crippen LogP contribution in [0.4, 0.5) is 10.1 Å². The maximum absolute atomic E-state index is 14.3. The summed E-state index contributed by atoms with van der Waals surface area (Å²) in [5, 5.41) is 0. The van der Waals surface area contributed by atoms with Gasteiger partial charge in [-0.05, 0) is 37.3 Å². The monoisotopic (exact) mass is 278 g/mol. The molecule has 2 rings (SSSR count). The van der Waals surface area contributed by atoms with Crippen LogP contribution in [-0.4, -0.2) is 19.1 Å². The Labute approximate surface area is 122 Å². The van der Waals surface area contributed by atoms with E-state index in [4.69, 9.17) is 5.73 Å². The maximum atomic E-state index is 14.3. The average Bonchev–Trinajstić information content (AvgIpc) is 2.47. The van der Waals surface area contributed by atoms with Gasteiger partial charge in [0.1, 0.15) is 5.82 Å². The first kappa shape index (κ1) is 15.3. The van der Waals surface area contributed by atoms with Crippen molar-refractivity contribution in [3.8, 4) is 0 Å². The van der Waals surface area contributed by atoms with E-state index in [-0.39, 0.29) is 11.9 Å². The first-order valence-corrected chi connectivity index (χ1v) is 7.89. The number of rotatable bonds is 5. The highest BCUT2D eigenvalue weighted by atomic mass is 19.1. The van der Waals surface area contributed by atoms with Crippen molar-refractivity contribution in [1.29, 1.82) is 0 Å². The Balaban J connectivity index is 2.23. The minimum absolute atomic E-state index is 0.107. The van der Waals surface area contributed by atoms with Gasteiger partial charge in [-0.25, -0.2) is 4.39 Å². The van der Waals surface area contributed by atoms with Gasteiger partial charge in [-0.3, -0.25) is 0 Å². The third kappa shape index (κ3) is 3.51. The number of halogens is 1. The first-order valence-electron chi connectivity index (χ1n) is 7.89. The van der Waals surface area contributed by atoms with E-state index in [0.717, 1.165) is 24.1 Å². The standard InChI is InChI=1S/C17H27FN2/c1-3-14(19)12-13-8-7-11-16(18)17(13)20(2)15-9-5-4-6-10-15/h7-8,11,14-15H,3-6,9-10,12,19H2,1-2H3. The highest BCUT2D eigenvalue weighted by molar-refractivity contribution is 5.55. The molecule has 112 valence electrons. The van der Waals surface area contributed by atoms with Crippen LogP contribution >= 0.6 is 0 Å². The highest BCUT2D eigenvalue weighted by Crippen LogP contribution is 2.31. The first-order chi connectivity index (χ1) is 9.63. The van der Waals surface area contributed by atoms with Crippen molar-refractivity contribution in [3.05, 3.63) is 29.6 Å². The van der Waals surface area contributed by atoms with Gasteiger partial charge in [0.25, 0.3) is 0 Å². The molecule has 3 heteroatoms. The summed E-state index contributed by atoms with van der Waals surface area (Å²) in [6.07, 6.45) is 7.84. The zero-order chi connectivity index (χ0) is 14.5. The minimum atomic E-state index is -0.112. The van der Waals surface area contributed by atoms with Crippen LogP contribution in [0.3, 0.4) is 0 Å². The molecule has 1 aliphatic carbocycles.